The van der Waals surface area contributed by atoms with Crippen LogP contribution in [0.4, 0.5) is 13.2 Å². The third-order valence-electron chi connectivity index (χ3n) is 3.30. The van der Waals surface area contributed by atoms with Gasteiger partial charge in [-0.25, -0.2) is 0 Å². The summed E-state index contributed by atoms with van der Waals surface area (Å²) in [4.78, 5) is 0. The first kappa shape index (κ1) is 18.8. The Morgan fingerprint density at radius 3 is 2.55 bits per heavy atom. The van der Waals surface area contributed by atoms with Gasteiger partial charge in [0.25, 0.3) is 0 Å². The van der Waals surface area contributed by atoms with E-state index < -0.39 is 12.4 Å². The molecule has 2 atom stereocenters. The Hall–Kier alpha value is -1.27. The Balaban J connectivity index is 2.72. The Morgan fingerprint density at radius 2 is 2.00 bits per heavy atom. The maximum atomic E-state index is 12.3. The van der Waals surface area contributed by atoms with Gasteiger partial charge in [0.2, 0.25) is 0 Å². The van der Waals surface area contributed by atoms with Gasteiger partial charge in [-0.05, 0) is 43.5 Å². The molecular formula is C16H24F3N2O. The number of nitrogens with two attached hydrogens (primary N) is 1. The van der Waals surface area contributed by atoms with Crippen molar-refractivity contribution < 1.29 is 17.9 Å². The molecule has 0 amide bonds. The molecule has 0 bridgehead atoms. The number of halogens is 3. The molecular weight excluding hydrogens is 293 g/mol. The lowest BCUT2D eigenvalue weighted by Crippen LogP contribution is -2.34. The van der Waals surface area contributed by atoms with Gasteiger partial charge in [-0.15, -0.1) is 13.2 Å². The van der Waals surface area contributed by atoms with Gasteiger partial charge in [0, 0.05) is 18.5 Å². The van der Waals surface area contributed by atoms with Crippen molar-refractivity contribution in [1.82, 2.24) is 5.32 Å². The van der Waals surface area contributed by atoms with Crippen LogP contribution < -0.4 is 15.8 Å². The fourth-order valence-corrected chi connectivity index (χ4v) is 2.11. The van der Waals surface area contributed by atoms with E-state index in [1.165, 1.54) is 18.2 Å². The van der Waals surface area contributed by atoms with Gasteiger partial charge in [0.05, 0.1) is 0 Å². The van der Waals surface area contributed by atoms with Crippen LogP contribution in [0, 0.1) is 12.8 Å². The lowest BCUT2D eigenvalue weighted by Gasteiger charge is -2.23. The zero-order chi connectivity index (χ0) is 16.8. The second-order valence-electron chi connectivity index (χ2n) is 5.78. The fourth-order valence-electron chi connectivity index (χ4n) is 2.11. The number of nitrogens with one attached hydrogen (secondary N) is 1. The predicted octanol–water partition coefficient (Wildman–Crippen LogP) is 3.47. The lowest BCUT2D eigenvalue weighted by atomic mass is 9.92. The molecule has 0 unspecified atom stereocenters. The van der Waals surface area contributed by atoms with Crippen molar-refractivity contribution in [2.24, 2.45) is 11.7 Å². The van der Waals surface area contributed by atoms with E-state index in [0.717, 1.165) is 13.0 Å². The standard InChI is InChI=1S/C16H24F3N2O/c1-11(2)7-8-21-10-15(12(3)20)13-5-4-6-14(9-13)22-16(17,18)19/h4-6,9,11-12,15,21H,3,7-8,10,20H2,1-2H3/t12-,15-/m0/s1. The van der Waals surface area contributed by atoms with Gasteiger partial charge in [0.15, 0.2) is 0 Å². The minimum absolute atomic E-state index is 0.177. The van der Waals surface area contributed by atoms with E-state index in [4.69, 9.17) is 5.73 Å². The molecule has 1 aromatic rings. The van der Waals surface area contributed by atoms with E-state index in [9.17, 15) is 13.2 Å². The second-order valence-corrected chi connectivity index (χ2v) is 5.78. The molecule has 0 aliphatic rings. The number of alkyl halides is 3. The molecule has 0 saturated carbocycles. The summed E-state index contributed by atoms with van der Waals surface area (Å²) in [5.74, 6) is 0.171. The van der Waals surface area contributed by atoms with E-state index in [-0.39, 0.29) is 11.7 Å². The van der Waals surface area contributed by atoms with Crippen LogP contribution in [0.25, 0.3) is 0 Å². The summed E-state index contributed by atoms with van der Waals surface area (Å²) in [5, 5.41) is 3.28. The highest BCUT2D eigenvalue weighted by atomic mass is 19.4. The number of hydrogen-bond acceptors (Lipinski definition) is 3. The van der Waals surface area contributed by atoms with Crippen LogP contribution in [-0.4, -0.2) is 25.5 Å². The normalized spacial score (nSPS) is 14.9. The van der Waals surface area contributed by atoms with Crippen LogP contribution in [0.15, 0.2) is 24.3 Å². The number of benzene rings is 1. The average Bonchev–Trinajstić information content (AvgIpc) is 2.36. The van der Waals surface area contributed by atoms with Crippen molar-refractivity contribution in [3.8, 4) is 5.75 Å². The zero-order valence-corrected chi connectivity index (χ0v) is 13.0. The Bertz CT molecular complexity index is 447. The van der Waals surface area contributed by atoms with Gasteiger partial charge in [-0.1, -0.05) is 26.0 Å². The maximum Gasteiger partial charge on any atom is 0.573 e. The van der Waals surface area contributed by atoms with Crippen molar-refractivity contribution in [2.45, 2.75) is 38.6 Å². The summed E-state index contributed by atoms with van der Waals surface area (Å²) in [7, 11) is 0. The minimum Gasteiger partial charge on any atom is -0.406 e. The Kier molecular flexibility index (Phi) is 7.16. The minimum atomic E-state index is -4.70. The fraction of sp³-hybridized carbons (Fsp3) is 0.562. The molecule has 1 rings (SSSR count). The molecule has 0 saturated heterocycles. The summed E-state index contributed by atoms with van der Waals surface area (Å²) < 4.78 is 40.8. The number of ether oxygens (including phenoxy) is 1. The summed E-state index contributed by atoms with van der Waals surface area (Å²) in [5.41, 5.74) is 6.56. The highest BCUT2D eigenvalue weighted by Crippen LogP contribution is 2.27. The van der Waals surface area contributed by atoms with Crippen LogP contribution >= 0.6 is 0 Å². The van der Waals surface area contributed by atoms with Gasteiger partial charge in [-0.2, -0.15) is 0 Å². The van der Waals surface area contributed by atoms with Gasteiger partial charge in [-0.3, -0.25) is 0 Å². The number of hydrogen-bond donors (Lipinski definition) is 2. The first-order valence-corrected chi connectivity index (χ1v) is 7.34. The second kappa shape index (κ2) is 8.39. The molecule has 3 nitrogen and oxygen atoms in total. The van der Waals surface area contributed by atoms with Crippen LogP contribution in [0.1, 0.15) is 31.7 Å². The van der Waals surface area contributed by atoms with E-state index in [1.807, 2.05) is 0 Å². The molecule has 22 heavy (non-hydrogen) atoms. The highest BCUT2D eigenvalue weighted by molar-refractivity contribution is 5.32. The summed E-state index contributed by atoms with van der Waals surface area (Å²) in [6.45, 7) is 9.46. The molecule has 0 aliphatic carbocycles. The van der Waals surface area contributed by atoms with Crippen molar-refractivity contribution >= 4 is 0 Å². The number of rotatable bonds is 8. The molecule has 3 N–H and O–H groups in total. The SMILES string of the molecule is [CH2][C@H](N)[C@H](CNCCC(C)C)c1cccc(OC(F)(F)F)c1. The molecule has 1 aromatic carbocycles. The van der Waals surface area contributed by atoms with Gasteiger partial charge >= 0.3 is 6.36 Å². The van der Waals surface area contributed by atoms with Crippen molar-refractivity contribution in [3.05, 3.63) is 36.8 Å². The summed E-state index contributed by atoms with van der Waals surface area (Å²) in [6.07, 6.45) is -3.67. The highest BCUT2D eigenvalue weighted by Gasteiger charge is 2.31. The first-order valence-electron chi connectivity index (χ1n) is 7.34. The van der Waals surface area contributed by atoms with Crippen LogP contribution in [0.5, 0.6) is 5.75 Å². The van der Waals surface area contributed by atoms with Crippen LogP contribution in [0.3, 0.4) is 0 Å². The van der Waals surface area contributed by atoms with Crippen LogP contribution in [0.2, 0.25) is 0 Å². The Morgan fingerprint density at radius 1 is 1.32 bits per heavy atom. The monoisotopic (exact) mass is 317 g/mol. The largest absolute Gasteiger partial charge is 0.573 e. The molecule has 0 heterocycles. The third-order valence-corrected chi connectivity index (χ3v) is 3.30. The lowest BCUT2D eigenvalue weighted by molar-refractivity contribution is -0.274. The molecule has 0 aromatic heterocycles. The average molecular weight is 317 g/mol. The molecule has 6 heteroatoms. The van der Waals surface area contributed by atoms with Crippen molar-refractivity contribution in [2.75, 3.05) is 13.1 Å². The molecule has 1 radical (unpaired) electrons. The van der Waals surface area contributed by atoms with E-state index in [2.05, 4.69) is 30.8 Å². The summed E-state index contributed by atoms with van der Waals surface area (Å²) >= 11 is 0. The third kappa shape index (κ3) is 7.13. The molecule has 125 valence electrons. The summed E-state index contributed by atoms with van der Waals surface area (Å²) in [6, 6.07) is 5.48. The smallest absolute Gasteiger partial charge is 0.406 e. The molecule has 0 aliphatic heterocycles. The Labute approximate surface area is 130 Å². The first-order chi connectivity index (χ1) is 10.2. The van der Waals surface area contributed by atoms with Crippen molar-refractivity contribution in [3.63, 3.8) is 0 Å². The van der Waals surface area contributed by atoms with Crippen molar-refractivity contribution in [1.29, 1.82) is 0 Å². The van der Waals surface area contributed by atoms with Gasteiger partial charge < -0.3 is 15.8 Å². The van der Waals surface area contributed by atoms with E-state index in [1.54, 1.807) is 6.07 Å². The van der Waals surface area contributed by atoms with E-state index >= 15 is 0 Å². The quantitative estimate of drug-likeness (QED) is 0.722. The van der Waals surface area contributed by atoms with Crippen LogP contribution in [-0.2, 0) is 0 Å². The molecule has 0 spiro atoms. The molecule has 0 fully saturated rings. The van der Waals surface area contributed by atoms with Gasteiger partial charge in [0.1, 0.15) is 5.75 Å². The van der Waals surface area contributed by atoms with E-state index in [0.29, 0.717) is 18.0 Å². The topological polar surface area (TPSA) is 47.3 Å². The predicted molar refractivity (Wildman–Crippen MR) is 81.5 cm³/mol. The zero-order valence-electron chi connectivity index (χ0n) is 13.0. The maximum absolute atomic E-state index is 12.3.